The molecule has 130 valence electrons. The van der Waals surface area contributed by atoms with Crippen LogP contribution in [0.1, 0.15) is 40.2 Å². The Morgan fingerprint density at radius 2 is 2.00 bits per heavy atom. The Bertz CT molecular complexity index is 495. The lowest BCUT2D eigenvalue weighted by Gasteiger charge is -2.30. The number of amides is 1. The van der Waals surface area contributed by atoms with Crippen molar-refractivity contribution in [1.82, 2.24) is 10.2 Å². The van der Waals surface area contributed by atoms with Crippen molar-refractivity contribution in [3.63, 3.8) is 0 Å². The second kappa shape index (κ2) is 8.77. The van der Waals surface area contributed by atoms with E-state index in [-0.39, 0.29) is 12.1 Å². The molecule has 1 amide bonds. The van der Waals surface area contributed by atoms with E-state index in [1.165, 1.54) is 0 Å². The van der Waals surface area contributed by atoms with Crippen LogP contribution in [0.5, 0.6) is 5.75 Å². The Balaban J connectivity index is 2.45. The molecule has 0 fully saturated rings. The van der Waals surface area contributed by atoms with Crippen molar-refractivity contribution in [2.45, 2.75) is 52.8 Å². The van der Waals surface area contributed by atoms with Gasteiger partial charge in [-0.25, -0.2) is 4.79 Å². The van der Waals surface area contributed by atoms with Gasteiger partial charge in [0, 0.05) is 25.7 Å². The van der Waals surface area contributed by atoms with Crippen LogP contribution in [0.4, 0.5) is 4.79 Å². The highest BCUT2D eigenvalue weighted by molar-refractivity contribution is 5.68. The van der Waals surface area contributed by atoms with Gasteiger partial charge in [-0.15, -0.1) is 0 Å². The molecule has 0 bridgehead atoms. The van der Waals surface area contributed by atoms with E-state index in [0.29, 0.717) is 13.1 Å². The first-order valence-corrected chi connectivity index (χ1v) is 8.06. The van der Waals surface area contributed by atoms with E-state index in [1.54, 1.807) is 12.0 Å². The highest BCUT2D eigenvalue weighted by atomic mass is 16.6. The predicted molar refractivity (Wildman–Crippen MR) is 92.8 cm³/mol. The zero-order chi connectivity index (χ0) is 17.5. The second-order valence-electron chi connectivity index (χ2n) is 6.80. The van der Waals surface area contributed by atoms with Gasteiger partial charge in [-0.1, -0.05) is 12.1 Å². The van der Waals surface area contributed by atoms with Gasteiger partial charge in [-0.2, -0.15) is 0 Å². The maximum Gasteiger partial charge on any atom is 0.410 e. The molecule has 0 aliphatic heterocycles. The number of nitrogens with one attached hydrogen (secondary N) is 1. The molecule has 5 heteroatoms. The Kier molecular flexibility index (Phi) is 7.36. The number of ether oxygens (including phenoxy) is 2. The summed E-state index contributed by atoms with van der Waals surface area (Å²) in [5.41, 5.74) is 0.677. The van der Waals surface area contributed by atoms with Crippen LogP contribution in [0.3, 0.4) is 0 Å². The van der Waals surface area contributed by atoms with Crippen molar-refractivity contribution in [2.24, 2.45) is 0 Å². The fraction of sp³-hybridized carbons (Fsp3) is 0.611. The minimum atomic E-state index is -0.474. The van der Waals surface area contributed by atoms with Crippen LogP contribution in [-0.4, -0.2) is 42.8 Å². The lowest BCUT2D eigenvalue weighted by molar-refractivity contribution is 0.0193. The fourth-order valence-electron chi connectivity index (χ4n) is 2.10. The van der Waals surface area contributed by atoms with Gasteiger partial charge in [-0.05, 0) is 52.3 Å². The van der Waals surface area contributed by atoms with Crippen LogP contribution in [-0.2, 0) is 11.3 Å². The molecule has 1 aromatic carbocycles. The molecule has 0 saturated carbocycles. The van der Waals surface area contributed by atoms with Gasteiger partial charge >= 0.3 is 6.09 Å². The van der Waals surface area contributed by atoms with Gasteiger partial charge in [0.25, 0.3) is 0 Å². The molecule has 0 radical (unpaired) electrons. The molecule has 0 aliphatic rings. The zero-order valence-corrected chi connectivity index (χ0v) is 15.2. The van der Waals surface area contributed by atoms with Gasteiger partial charge in [0.2, 0.25) is 0 Å². The molecule has 0 aliphatic carbocycles. The third-order valence-corrected chi connectivity index (χ3v) is 3.24. The first kappa shape index (κ1) is 19.3. The lowest BCUT2D eigenvalue weighted by Crippen LogP contribution is -2.44. The maximum atomic E-state index is 12.2. The standard InChI is InChI=1S/C18H30N2O3/c1-14(2)20(17(21)23-18(3,4)5)11-10-19-13-15-8-7-9-16(12-15)22-6/h7-9,12,14,19H,10-11,13H2,1-6H3. The largest absolute Gasteiger partial charge is 0.497 e. The van der Waals surface area contributed by atoms with Gasteiger partial charge in [0.05, 0.1) is 7.11 Å². The van der Waals surface area contributed by atoms with Gasteiger partial charge in [-0.3, -0.25) is 0 Å². The number of methoxy groups -OCH3 is 1. The maximum absolute atomic E-state index is 12.2. The van der Waals surface area contributed by atoms with Crippen LogP contribution in [0.15, 0.2) is 24.3 Å². The minimum absolute atomic E-state index is 0.100. The summed E-state index contributed by atoms with van der Waals surface area (Å²) in [4.78, 5) is 13.9. The summed E-state index contributed by atoms with van der Waals surface area (Å²) in [6, 6.07) is 8.04. The number of nitrogens with zero attached hydrogens (tertiary/aromatic N) is 1. The van der Waals surface area contributed by atoms with Crippen molar-refractivity contribution < 1.29 is 14.3 Å². The van der Waals surface area contributed by atoms with E-state index in [2.05, 4.69) is 5.32 Å². The van der Waals surface area contributed by atoms with E-state index in [0.717, 1.165) is 17.9 Å². The molecule has 1 aromatic rings. The first-order valence-electron chi connectivity index (χ1n) is 8.06. The molecular formula is C18H30N2O3. The van der Waals surface area contributed by atoms with Crippen molar-refractivity contribution >= 4 is 6.09 Å². The highest BCUT2D eigenvalue weighted by Gasteiger charge is 2.23. The molecule has 0 spiro atoms. The molecule has 0 atom stereocenters. The quantitative estimate of drug-likeness (QED) is 0.781. The Hall–Kier alpha value is -1.75. The normalized spacial score (nSPS) is 11.4. The van der Waals surface area contributed by atoms with E-state index in [1.807, 2.05) is 58.9 Å². The third kappa shape index (κ3) is 7.37. The van der Waals surface area contributed by atoms with Crippen molar-refractivity contribution in [3.05, 3.63) is 29.8 Å². The highest BCUT2D eigenvalue weighted by Crippen LogP contribution is 2.13. The molecule has 0 heterocycles. The number of carbonyl (C=O) groups is 1. The lowest BCUT2D eigenvalue weighted by atomic mass is 10.2. The van der Waals surface area contributed by atoms with E-state index in [4.69, 9.17) is 9.47 Å². The summed E-state index contributed by atoms with van der Waals surface area (Å²) in [6.45, 7) is 11.7. The fourth-order valence-corrected chi connectivity index (χ4v) is 2.10. The van der Waals surface area contributed by atoms with Crippen LogP contribution >= 0.6 is 0 Å². The molecule has 0 unspecified atom stereocenters. The smallest absolute Gasteiger partial charge is 0.410 e. The van der Waals surface area contributed by atoms with E-state index < -0.39 is 5.60 Å². The SMILES string of the molecule is COc1cccc(CNCCN(C(=O)OC(C)(C)C)C(C)C)c1. The number of rotatable bonds is 7. The number of hydrogen-bond acceptors (Lipinski definition) is 4. The van der Waals surface area contributed by atoms with Gasteiger partial charge in [0.15, 0.2) is 0 Å². The van der Waals surface area contributed by atoms with E-state index >= 15 is 0 Å². The van der Waals surface area contributed by atoms with Crippen LogP contribution in [0.2, 0.25) is 0 Å². The number of hydrogen-bond donors (Lipinski definition) is 1. The number of benzene rings is 1. The summed E-state index contributed by atoms with van der Waals surface area (Å²) < 4.78 is 10.7. The summed E-state index contributed by atoms with van der Waals surface area (Å²) in [7, 11) is 1.66. The zero-order valence-electron chi connectivity index (χ0n) is 15.2. The molecule has 1 rings (SSSR count). The predicted octanol–water partition coefficient (Wildman–Crippen LogP) is 3.43. The molecular weight excluding hydrogens is 292 g/mol. The first-order chi connectivity index (χ1) is 10.7. The average molecular weight is 322 g/mol. The second-order valence-corrected chi connectivity index (χ2v) is 6.80. The monoisotopic (exact) mass is 322 g/mol. The molecule has 1 N–H and O–H groups in total. The third-order valence-electron chi connectivity index (χ3n) is 3.24. The Labute approximate surface area is 140 Å². The molecule has 23 heavy (non-hydrogen) atoms. The van der Waals surface area contributed by atoms with Crippen LogP contribution in [0.25, 0.3) is 0 Å². The van der Waals surface area contributed by atoms with Crippen molar-refractivity contribution in [3.8, 4) is 5.75 Å². The molecule has 5 nitrogen and oxygen atoms in total. The summed E-state index contributed by atoms with van der Waals surface area (Å²) in [5, 5.41) is 3.35. The number of carbonyl (C=O) groups excluding carboxylic acids is 1. The van der Waals surface area contributed by atoms with Crippen molar-refractivity contribution in [2.75, 3.05) is 20.2 Å². The van der Waals surface area contributed by atoms with Crippen LogP contribution in [0, 0.1) is 0 Å². The molecule has 0 aromatic heterocycles. The van der Waals surface area contributed by atoms with Crippen LogP contribution < -0.4 is 10.1 Å². The van der Waals surface area contributed by atoms with Gasteiger partial charge in [0.1, 0.15) is 11.4 Å². The average Bonchev–Trinajstić information content (AvgIpc) is 2.45. The Morgan fingerprint density at radius 3 is 2.57 bits per heavy atom. The van der Waals surface area contributed by atoms with E-state index in [9.17, 15) is 4.79 Å². The summed E-state index contributed by atoms with van der Waals surface area (Å²) >= 11 is 0. The summed E-state index contributed by atoms with van der Waals surface area (Å²) in [5.74, 6) is 0.849. The summed E-state index contributed by atoms with van der Waals surface area (Å²) in [6.07, 6.45) is -0.268. The Morgan fingerprint density at radius 1 is 1.30 bits per heavy atom. The van der Waals surface area contributed by atoms with Crippen molar-refractivity contribution in [1.29, 1.82) is 0 Å². The van der Waals surface area contributed by atoms with Gasteiger partial charge < -0.3 is 19.7 Å². The topological polar surface area (TPSA) is 50.8 Å². The minimum Gasteiger partial charge on any atom is -0.497 e. The molecule has 0 saturated heterocycles.